The molecule has 3 heterocycles. The smallest absolute Gasteiger partial charge is 0.152 e. The standard InChI is InChI=1S/C15H18FN5O/c1-20(2)15-14(17-5-6-18-15)12-10-21(7-8-22-12)13-4-3-11(16)9-19-13/h3-6,9,12H,7-8,10H2,1-2H3/t12-/m0/s1. The highest BCUT2D eigenvalue weighted by Crippen LogP contribution is 2.28. The molecule has 1 saturated heterocycles. The lowest BCUT2D eigenvalue weighted by atomic mass is 10.2. The van der Waals surface area contributed by atoms with Gasteiger partial charge >= 0.3 is 0 Å². The number of rotatable bonds is 3. The summed E-state index contributed by atoms with van der Waals surface area (Å²) in [6.07, 6.45) is 4.38. The van der Waals surface area contributed by atoms with E-state index in [9.17, 15) is 4.39 Å². The maximum absolute atomic E-state index is 13.0. The van der Waals surface area contributed by atoms with E-state index in [4.69, 9.17) is 4.74 Å². The number of halogens is 1. The van der Waals surface area contributed by atoms with E-state index in [0.29, 0.717) is 19.7 Å². The van der Waals surface area contributed by atoms with Gasteiger partial charge in [-0.3, -0.25) is 4.98 Å². The number of hydrogen-bond acceptors (Lipinski definition) is 6. The van der Waals surface area contributed by atoms with Crippen LogP contribution < -0.4 is 9.80 Å². The number of hydrogen-bond donors (Lipinski definition) is 0. The van der Waals surface area contributed by atoms with Crippen molar-refractivity contribution in [2.75, 3.05) is 43.6 Å². The Morgan fingerprint density at radius 1 is 1.23 bits per heavy atom. The lowest BCUT2D eigenvalue weighted by molar-refractivity contribution is 0.0369. The van der Waals surface area contributed by atoms with Crippen molar-refractivity contribution in [1.29, 1.82) is 0 Å². The third kappa shape index (κ3) is 2.99. The zero-order chi connectivity index (χ0) is 15.5. The molecule has 0 N–H and O–H groups in total. The molecule has 116 valence electrons. The van der Waals surface area contributed by atoms with Crippen molar-refractivity contribution in [2.45, 2.75) is 6.10 Å². The number of nitrogens with zero attached hydrogens (tertiary/aromatic N) is 5. The lowest BCUT2D eigenvalue weighted by Gasteiger charge is -2.34. The van der Waals surface area contributed by atoms with Gasteiger partial charge in [0.25, 0.3) is 0 Å². The molecule has 0 aliphatic carbocycles. The predicted octanol–water partition coefficient (Wildman–Crippen LogP) is 1.65. The van der Waals surface area contributed by atoms with Crippen molar-refractivity contribution in [3.05, 3.63) is 42.2 Å². The van der Waals surface area contributed by atoms with Crippen LogP contribution in [0.3, 0.4) is 0 Å². The summed E-state index contributed by atoms with van der Waals surface area (Å²) in [5.41, 5.74) is 0.805. The van der Waals surface area contributed by atoms with Crippen LogP contribution in [0.15, 0.2) is 30.7 Å². The van der Waals surface area contributed by atoms with Gasteiger partial charge in [0.2, 0.25) is 0 Å². The molecule has 2 aromatic heterocycles. The van der Waals surface area contributed by atoms with E-state index in [0.717, 1.165) is 17.3 Å². The third-order valence-corrected chi connectivity index (χ3v) is 3.54. The maximum Gasteiger partial charge on any atom is 0.152 e. The highest BCUT2D eigenvalue weighted by Gasteiger charge is 2.27. The number of pyridine rings is 1. The monoisotopic (exact) mass is 303 g/mol. The Morgan fingerprint density at radius 2 is 2.05 bits per heavy atom. The molecule has 1 aliphatic rings. The third-order valence-electron chi connectivity index (χ3n) is 3.54. The van der Waals surface area contributed by atoms with Gasteiger partial charge in [-0.05, 0) is 12.1 Å². The van der Waals surface area contributed by atoms with Gasteiger partial charge in [-0.15, -0.1) is 0 Å². The summed E-state index contributed by atoms with van der Waals surface area (Å²) in [6, 6.07) is 3.10. The largest absolute Gasteiger partial charge is 0.368 e. The van der Waals surface area contributed by atoms with Crippen molar-refractivity contribution in [3.63, 3.8) is 0 Å². The first-order chi connectivity index (χ1) is 10.6. The van der Waals surface area contributed by atoms with Gasteiger partial charge in [0, 0.05) is 33.0 Å². The molecule has 0 aromatic carbocycles. The topological polar surface area (TPSA) is 54.4 Å². The molecule has 6 nitrogen and oxygen atoms in total. The molecule has 0 unspecified atom stereocenters. The summed E-state index contributed by atoms with van der Waals surface area (Å²) >= 11 is 0. The van der Waals surface area contributed by atoms with Crippen molar-refractivity contribution in [2.24, 2.45) is 0 Å². The van der Waals surface area contributed by atoms with Gasteiger partial charge in [0.15, 0.2) is 5.82 Å². The molecule has 22 heavy (non-hydrogen) atoms. The van der Waals surface area contributed by atoms with E-state index in [1.54, 1.807) is 18.5 Å². The molecule has 0 bridgehead atoms. The maximum atomic E-state index is 13.0. The Kier molecular flexibility index (Phi) is 4.15. The Bertz CT molecular complexity index is 634. The summed E-state index contributed by atoms with van der Waals surface area (Å²) in [5, 5.41) is 0. The molecule has 0 spiro atoms. The van der Waals surface area contributed by atoms with Crippen molar-refractivity contribution >= 4 is 11.6 Å². The molecule has 1 aliphatic heterocycles. The molecule has 3 rings (SSSR count). The van der Waals surface area contributed by atoms with E-state index < -0.39 is 0 Å². The minimum Gasteiger partial charge on any atom is -0.368 e. The summed E-state index contributed by atoms with van der Waals surface area (Å²) in [7, 11) is 3.85. The molecule has 1 fully saturated rings. The summed E-state index contributed by atoms with van der Waals surface area (Å²) in [4.78, 5) is 16.9. The number of aromatic nitrogens is 3. The Morgan fingerprint density at radius 3 is 2.77 bits per heavy atom. The molecule has 0 amide bonds. The molecule has 0 saturated carbocycles. The molecule has 2 aromatic rings. The van der Waals surface area contributed by atoms with Crippen LogP contribution in [0, 0.1) is 5.82 Å². The predicted molar refractivity (Wildman–Crippen MR) is 81.5 cm³/mol. The van der Waals surface area contributed by atoms with Gasteiger partial charge in [0.1, 0.15) is 23.4 Å². The molecule has 7 heteroatoms. The first kappa shape index (κ1) is 14.6. The van der Waals surface area contributed by atoms with E-state index in [1.807, 2.05) is 19.0 Å². The average molecular weight is 303 g/mol. The zero-order valence-electron chi connectivity index (χ0n) is 12.6. The number of morpholine rings is 1. The fourth-order valence-electron chi connectivity index (χ4n) is 2.49. The fraction of sp³-hybridized carbons (Fsp3) is 0.400. The SMILES string of the molecule is CN(C)c1nccnc1[C@@H]1CN(c2ccc(F)cn2)CCO1. The molecule has 1 atom stereocenters. The van der Waals surface area contributed by atoms with E-state index >= 15 is 0 Å². The van der Waals surface area contributed by atoms with Crippen LogP contribution in [0.5, 0.6) is 0 Å². The van der Waals surface area contributed by atoms with Crippen molar-refractivity contribution in [1.82, 2.24) is 15.0 Å². The van der Waals surface area contributed by atoms with Gasteiger partial charge in [-0.2, -0.15) is 0 Å². The van der Waals surface area contributed by atoms with Crippen molar-refractivity contribution < 1.29 is 9.13 Å². The lowest BCUT2D eigenvalue weighted by Crippen LogP contribution is -2.39. The van der Waals surface area contributed by atoms with Crippen LogP contribution in [0.1, 0.15) is 11.8 Å². The summed E-state index contributed by atoms with van der Waals surface area (Å²) in [6.45, 7) is 1.89. The Hall–Kier alpha value is -2.28. The minimum absolute atomic E-state index is 0.188. The zero-order valence-corrected chi connectivity index (χ0v) is 12.6. The second-order valence-corrected chi connectivity index (χ2v) is 5.30. The van der Waals surface area contributed by atoms with E-state index in [2.05, 4.69) is 19.9 Å². The van der Waals surface area contributed by atoms with Gasteiger partial charge in [-0.1, -0.05) is 0 Å². The van der Waals surface area contributed by atoms with Crippen molar-refractivity contribution in [3.8, 4) is 0 Å². The Labute approximate surface area is 128 Å². The Balaban J connectivity index is 1.83. The van der Waals surface area contributed by atoms with Crippen LogP contribution >= 0.6 is 0 Å². The first-order valence-electron chi connectivity index (χ1n) is 7.11. The van der Waals surface area contributed by atoms with Crippen LogP contribution in [0.25, 0.3) is 0 Å². The van der Waals surface area contributed by atoms with E-state index in [1.165, 1.54) is 12.3 Å². The summed E-state index contributed by atoms with van der Waals surface area (Å²) in [5.74, 6) is 1.20. The molecule has 0 radical (unpaired) electrons. The van der Waals surface area contributed by atoms with Gasteiger partial charge < -0.3 is 14.5 Å². The average Bonchev–Trinajstić information content (AvgIpc) is 2.55. The van der Waals surface area contributed by atoms with Crippen LogP contribution in [-0.2, 0) is 4.74 Å². The van der Waals surface area contributed by atoms with Crippen LogP contribution in [0.2, 0.25) is 0 Å². The quantitative estimate of drug-likeness (QED) is 0.859. The summed E-state index contributed by atoms with van der Waals surface area (Å²) < 4.78 is 18.9. The van der Waals surface area contributed by atoms with Gasteiger partial charge in [0.05, 0.1) is 19.3 Å². The van der Waals surface area contributed by atoms with Crippen LogP contribution in [0.4, 0.5) is 16.0 Å². The van der Waals surface area contributed by atoms with Crippen LogP contribution in [-0.4, -0.2) is 48.7 Å². The number of ether oxygens (including phenoxy) is 1. The minimum atomic E-state index is -0.336. The normalized spacial score (nSPS) is 18.3. The highest BCUT2D eigenvalue weighted by molar-refractivity contribution is 5.45. The second kappa shape index (κ2) is 6.23. The number of anilines is 2. The first-order valence-corrected chi connectivity index (χ1v) is 7.11. The molecular weight excluding hydrogens is 285 g/mol. The highest BCUT2D eigenvalue weighted by atomic mass is 19.1. The fourth-order valence-corrected chi connectivity index (χ4v) is 2.49. The van der Waals surface area contributed by atoms with Gasteiger partial charge in [-0.25, -0.2) is 14.4 Å². The van der Waals surface area contributed by atoms with E-state index in [-0.39, 0.29) is 11.9 Å². The molecular formula is C15H18FN5O. The second-order valence-electron chi connectivity index (χ2n) is 5.30.